The number of aliphatic hydroxyl groups excluding tert-OH is 1. The molecule has 0 spiro atoms. The number of hydrogen-bond acceptors (Lipinski definition) is 3. The van der Waals surface area contributed by atoms with Crippen molar-refractivity contribution in [2.75, 3.05) is 19.8 Å². The maximum absolute atomic E-state index is 11.9. The Morgan fingerprint density at radius 3 is 1.74 bits per heavy atom. The van der Waals surface area contributed by atoms with E-state index < -0.39 is 12.8 Å². The summed E-state index contributed by atoms with van der Waals surface area (Å²) in [7, 11) is 0. The minimum atomic E-state index is -4.35. The molecule has 0 unspecified atom stereocenters. The minimum absolute atomic E-state index is 0.0141. The summed E-state index contributed by atoms with van der Waals surface area (Å²) in [5, 5.41) is 9.06. The van der Waals surface area contributed by atoms with Crippen LogP contribution in [0.25, 0.3) is 0 Å². The Bertz CT molecular complexity index is 385. The van der Waals surface area contributed by atoms with Crippen LogP contribution >= 0.6 is 0 Å². The van der Waals surface area contributed by atoms with Crippen LogP contribution in [0.2, 0.25) is 0 Å². The first-order valence-electron chi connectivity index (χ1n) is 5.75. The predicted octanol–water partition coefficient (Wildman–Crippen LogP) is 3.03. The number of rotatable bonds is 6. The van der Waals surface area contributed by atoms with E-state index >= 15 is 0 Å². The van der Waals surface area contributed by atoms with Crippen LogP contribution in [0.3, 0.4) is 0 Å². The van der Waals surface area contributed by atoms with E-state index in [4.69, 9.17) is 9.84 Å². The van der Waals surface area contributed by atoms with Gasteiger partial charge in [0.1, 0.15) is 11.5 Å². The fourth-order valence-corrected chi connectivity index (χ4v) is 1.12. The highest BCUT2D eigenvalue weighted by atomic mass is 19.4. The maximum Gasteiger partial charge on any atom is 0.422 e. The first-order valence-corrected chi connectivity index (χ1v) is 5.75. The third-order valence-electron chi connectivity index (χ3n) is 2.28. The van der Waals surface area contributed by atoms with Gasteiger partial charge in [0.05, 0.1) is 13.2 Å². The smallest absolute Gasteiger partial charge is 0.422 e. The fourth-order valence-electron chi connectivity index (χ4n) is 1.12. The lowest BCUT2D eigenvalue weighted by molar-refractivity contribution is -0.153. The molecule has 1 N–H and O–H groups in total. The topological polar surface area (TPSA) is 38.7 Å². The van der Waals surface area contributed by atoms with Crippen molar-refractivity contribution in [1.29, 1.82) is 0 Å². The molecule has 108 valence electrons. The molecule has 1 rings (SSSR count). The van der Waals surface area contributed by atoms with Crippen LogP contribution in [0, 0.1) is 5.41 Å². The van der Waals surface area contributed by atoms with E-state index in [9.17, 15) is 13.2 Å². The van der Waals surface area contributed by atoms with Crippen molar-refractivity contribution in [2.45, 2.75) is 20.0 Å². The van der Waals surface area contributed by atoms with Crippen LogP contribution in [0.5, 0.6) is 11.5 Å². The second kappa shape index (κ2) is 6.14. The van der Waals surface area contributed by atoms with Crippen LogP contribution < -0.4 is 9.47 Å². The molecule has 19 heavy (non-hydrogen) atoms. The summed E-state index contributed by atoms with van der Waals surface area (Å²) in [5.74, 6) is 0.645. The summed E-state index contributed by atoms with van der Waals surface area (Å²) in [5.41, 5.74) is -0.370. The highest BCUT2D eigenvalue weighted by molar-refractivity contribution is 5.31. The first kappa shape index (κ1) is 15.6. The molecule has 0 atom stereocenters. The summed E-state index contributed by atoms with van der Waals surface area (Å²) < 4.78 is 45.8. The summed E-state index contributed by atoms with van der Waals surface area (Å²) in [6.45, 7) is 2.67. The van der Waals surface area contributed by atoms with Crippen LogP contribution in [0.1, 0.15) is 13.8 Å². The van der Waals surface area contributed by atoms with E-state index in [0.717, 1.165) is 0 Å². The second-order valence-corrected chi connectivity index (χ2v) is 4.99. The normalized spacial score (nSPS) is 12.3. The van der Waals surface area contributed by atoms with E-state index in [0.29, 0.717) is 12.4 Å². The van der Waals surface area contributed by atoms with E-state index in [2.05, 4.69) is 4.74 Å². The Labute approximate surface area is 110 Å². The highest BCUT2D eigenvalue weighted by Gasteiger charge is 2.28. The van der Waals surface area contributed by atoms with Crippen molar-refractivity contribution in [2.24, 2.45) is 5.41 Å². The lowest BCUT2D eigenvalue weighted by atomic mass is 9.97. The van der Waals surface area contributed by atoms with Gasteiger partial charge >= 0.3 is 6.18 Å². The van der Waals surface area contributed by atoms with Crippen LogP contribution in [0.4, 0.5) is 13.2 Å². The van der Waals surface area contributed by atoms with Crippen LogP contribution in [-0.4, -0.2) is 31.1 Å². The third kappa shape index (κ3) is 6.33. The molecule has 1 aromatic carbocycles. The molecule has 0 radical (unpaired) electrons. The summed E-state index contributed by atoms with van der Waals surface area (Å²) in [6, 6.07) is 5.87. The molecule has 0 bridgehead atoms. The lowest BCUT2D eigenvalue weighted by Crippen LogP contribution is -2.25. The highest BCUT2D eigenvalue weighted by Crippen LogP contribution is 2.22. The predicted molar refractivity (Wildman–Crippen MR) is 64.4 cm³/mol. The quantitative estimate of drug-likeness (QED) is 0.869. The summed E-state index contributed by atoms with van der Waals surface area (Å²) in [6.07, 6.45) is -4.35. The van der Waals surface area contributed by atoms with Crippen molar-refractivity contribution in [3.63, 3.8) is 0 Å². The standard InChI is InChI=1S/C13H17F3O3/c1-12(2,7-17)8-18-10-3-5-11(6-4-10)19-9-13(14,15)16/h3-6,17H,7-9H2,1-2H3. The zero-order chi connectivity index (χ0) is 14.5. The van der Waals surface area contributed by atoms with Gasteiger partial charge in [-0.1, -0.05) is 13.8 Å². The van der Waals surface area contributed by atoms with E-state index in [-0.39, 0.29) is 17.8 Å². The molecule has 0 fully saturated rings. The number of aliphatic hydroxyl groups is 1. The molecule has 0 aliphatic rings. The minimum Gasteiger partial charge on any atom is -0.493 e. The monoisotopic (exact) mass is 278 g/mol. The Morgan fingerprint density at radius 1 is 0.947 bits per heavy atom. The molecule has 0 saturated heterocycles. The summed E-state index contributed by atoms with van der Waals surface area (Å²) in [4.78, 5) is 0. The van der Waals surface area contributed by atoms with Gasteiger partial charge in [-0.05, 0) is 24.3 Å². The van der Waals surface area contributed by atoms with Crippen molar-refractivity contribution in [3.05, 3.63) is 24.3 Å². The van der Waals surface area contributed by atoms with Gasteiger partial charge in [0.25, 0.3) is 0 Å². The SMILES string of the molecule is CC(C)(CO)COc1ccc(OCC(F)(F)F)cc1. The molecular formula is C13H17F3O3. The van der Waals surface area contributed by atoms with E-state index in [1.807, 2.05) is 13.8 Å². The molecule has 1 aromatic rings. The van der Waals surface area contributed by atoms with Crippen molar-refractivity contribution in [1.82, 2.24) is 0 Å². The van der Waals surface area contributed by atoms with Crippen LogP contribution in [-0.2, 0) is 0 Å². The first-order chi connectivity index (χ1) is 8.72. The molecule has 0 amide bonds. The zero-order valence-corrected chi connectivity index (χ0v) is 10.8. The fraction of sp³-hybridized carbons (Fsp3) is 0.538. The van der Waals surface area contributed by atoms with E-state index in [1.54, 1.807) is 0 Å². The molecule has 0 aromatic heterocycles. The third-order valence-corrected chi connectivity index (χ3v) is 2.28. The molecule has 0 aliphatic heterocycles. The number of halogens is 3. The van der Waals surface area contributed by atoms with Gasteiger partial charge in [0.15, 0.2) is 6.61 Å². The average Bonchev–Trinajstić information content (AvgIpc) is 2.34. The van der Waals surface area contributed by atoms with E-state index in [1.165, 1.54) is 24.3 Å². The molecular weight excluding hydrogens is 261 g/mol. The lowest BCUT2D eigenvalue weighted by Gasteiger charge is -2.21. The van der Waals surface area contributed by atoms with Crippen LogP contribution in [0.15, 0.2) is 24.3 Å². The molecule has 0 saturated carbocycles. The van der Waals surface area contributed by atoms with Crippen molar-refractivity contribution in [3.8, 4) is 11.5 Å². The molecule has 0 aliphatic carbocycles. The van der Waals surface area contributed by atoms with Gasteiger partial charge in [-0.15, -0.1) is 0 Å². The van der Waals surface area contributed by atoms with Gasteiger partial charge in [-0.2, -0.15) is 13.2 Å². The number of benzene rings is 1. The van der Waals surface area contributed by atoms with Crippen molar-refractivity contribution < 1.29 is 27.8 Å². The Kier molecular flexibility index (Phi) is 5.05. The van der Waals surface area contributed by atoms with Gasteiger partial charge in [0, 0.05) is 5.41 Å². The Balaban J connectivity index is 2.48. The largest absolute Gasteiger partial charge is 0.493 e. The van der Waals surface area contributed by atoms with Gasteiger partial charge in [-0.3, -0.25) is 0 Å². The zero-order valence-electron chi connectivity index (χ0n) is 10.8. The van der Waals surface area contributed by atoms with Gasteiger partial charge in [0.2, 0.25) is 0 Å². The second-order valence-electron chi connectivity index (χ2n) is 4.99. The number of alkyl halides is 3. The molecule has 6 heteroatoms. The average molecular weight is 278 g/mol. The Hall–Kier alpha value is -1.43. The Morgan fingerprint density at radius 2 is 1.37 bits per heavy atom. The molecule has 3 nitrogen and oxygen atoms in total. The molecule has 0 heterocycles. The van der Waals surface area contributed by atoms with Gasteiger partial charge < -0.3 is 14.6 Å². The van der Waals surface area contributed by atoms with Gasteiger partial charge in [-0.25, -0.2) is 0 Å². The number of ether oxygens (including phenoxy) is 2. The number of hydrogen-bond donors (Lipinski definition) is 1. The maximum atomic E-state index is 11.9. The summed E-state index contributed by atoms with van der Waals surface area (Å²) >= 11 is 0. The van der Waals surface area contributed by atoms with Crippen molar-refractivity contribution >= 4 is 0 Å².